The van der Waals surface area contributed by atoms with Crippen LogP contribution in [0.3, 0.4) is 0 Å². The lowest BCUT2D eigenvalue weighted by molar-refractivity contribution is 0.472. The second-order valence-corrected chi connectivity index (χ2v) is 5.43. The van der Waals surface area contributed by atoms with E-state index in [0.717, 1.165) is 16.9 Å². The van der Waals surface area contributed by atoms with Crippen LogP contribution in [0.1, 0.15) is 11.1 Å². The third-order valence-electron chi connectivity index (χ3n) is 2.42. The van der Waals surface area contributed by atoms with Crippen LogP contribution in [-0.2, 0) is 5.33 Å². The van der Waals surface area contributed by atoms with Crippen LogP contribution in [0.5, 0.6) is 11.5 Å². The maximum absolute atomic E-state index is 13.3. The van der Waals surface area contributed by atoms with Gasteiger partial charge in [-0.1, -0.05) is 49.6 Å². The van der Waals surface area contributed by atoms with E-state index in [2.05, 4.69) is 31.9 Å². The molecule has 1 nitrogen and oxygen atoms in total. The van der Waals surface area contributed by atoms with Crippen molar-refractivity contribution in [3.63, 3.8) is 0 Å². The molecule has 0 saturated carbocycles. The van der Waals surface area contributed by atoms with Gasteiger partial charge in [-0.3, -0.25) is 0 Å². The number of hydrogen-bond donors (Lipinski definition) is 0. The fourth-order valence-electron chi connectivity index (χ4n) is 1.63. The van der Waals surface area contributed by atoms with E-state index < -0.39 is 0 Å². The Hall–Kier alpha value is -0.870. The number of aryl methyl sites for hydroxylation is 1. The molecule has 4 heteroatoms. The summed E-state index contributed by atoms with van der Waals surface area (Å²) in [5.41, 5.74) is 2.20. The van der Waals surface area contributed by atoms with Gasteiger partial charge < -0.3 is 4.74 Å². The Labute approximate surface area is 122 Å². The van der Waals surface area contributed by atoms with E-state index in [4.69, 9.17) is 4.74 Å². The molecule has 0 aliphatic rings. The molecule has 2 aromatic rings. The van der Waals surface area contributed by atoms with Crippen molar-refractivity contribution in [1.82, 2.24) is 0 Å². The van der Waals surface area contributed by atoms with Crippen LogP contribution in [0, 0.1) is 12.7 Å². The van der Waals surface area contributed by atoms with E-state index in [-0.39, 0.29) is 5.82 Å². The second-order valence-electron chi connectivity index (χ2n) is 3.95. The number of hydrogen-bond acceptors (Lipinski definition) is 1. The summed E-state index contributed by atoms with van der Waals surface area (Å²) >= 11 is 6.67. The fourth-order valence-corrected chi connectivity index (χ4v) is 2.51. The summed E-state index contributed by atoms with van der Waals surface area (Å²) in [5.74, 6) is 0.884. The van der Waals surface area contributed by atoms with Gasteiger partial charge in [-0.2, -0.15) is 0 Å². The third-order valence-corrected chi connectivity index (χ3v) is 3.49. The smallest absolute Gasteiger partial charge is 0.131 e. The van der Waals surface area contributed by atoms with Crippen LogP contribution in [0.15, 0.2) is 40.9 Å². The van der Waals surface area contributed by atoms with Crippen molar-refractivity contribution in [3.8, 4) is 11.5 Å². The number of rotatable bonds is 3. The van der Waals surface area contributed by atoms with Gasteiger partial charge in [-0.25, -0.2) is 4.39 Å². The highest BCUT2D eigenvalue weighted by Crippen LogP contribution is 2.30. The normalized spacial score (nSPS) is 10.4. The van der Waals surface area contributed by atoms with Crippen molar-refractivity contribution < 1.29 is 9.13 Å². The minimum atomic E-state index is -0.327. The quantitative estimate of drug-likeness (QED) is 0.637. The third kappa shape index (κ3) is 3.33. The molecule has 0 unspecified atom stereocenters. The molecule has 2 aromatic carbocycles. The Balaban J connectivity index is 2.33. The van der Waals surface area contributed by atoms with Gasteiger partial charge in [0.1, 0.15) is 17.3 Å². The van der Waals surface area contributed by atoms with E-state index >= 15 is 0 Å². The number of ether oxygens (including phenoxy) is 1. The monoisotopic (exact) mass is 372 g/mol. The van der Waals surface area contributed by atoms with Gasteiger partial charge in [-0.15, -0.1) is 0 Å². The van der Waals surface area contributed by atoms with Crippen LogP contribution in [0.4, 0.5) is 4.39 Å². The van der Waals surface area contributed by atoms with Crippen molar-refractivity contribution in [1.29, 1.82) is 0 Å². The van der Waals surface area contributed by atoms with Crippen LogP contribution in [0.25, 0.3) is 0 Å². The number of alkyl halides is 1. The number of halogens is 3. The van der Waals surface area contributed by atoms with Gasteiger partial charge in [0.25, 0.3) is 0 Å². The molecule has 94 valence electrons. The highest BCUT2D eigenvalue weighted by Gasteiger charge is 2.06. The summed E-state index contributed by atoms with van der Waals surface area (Å²) in [7, 11) is 0. The lowest BCUT2D eigenvalue weighted by Crippen LogP contribution is -1.91. The molecule has 0 radical (unpaired) electrons. The molecular weight excluding hydrogens is 363 g/mol. The summed E-state index contributed by atoms with van der Waals surface area (Å²) in [5, 5.41) is 0.695. The molecule has 0 heterocycles. The van der Waals surface area contributed by atoms with Crippen molar-refractivity contribution in [2.45, 2.75) is 12.3 Å². The first-order chi connectivity index (χ1) is 8.58. The predicted molar refractivity (Wildman–Crippen MR) is 78.0 cm³/mol. The van der Waals surface area contributed by atoms with Gasteiger partial charge in [-0.05, 0) is 25.1 Å². The average Bonchev–Trinajstić information content (AvgIpc) is 2.30. The number of benzene rings is 2. The molecular formula is C14H11Br2FO. The topological polar surface area (TPSA) is 9.23 Å². The van der Waals surface area contributed by atoms with Gasteiger partial charge >= 0.3 is 0 Å². The maximum atomic E-state index is 13.3. The van der Waals surface area contributed by atoms with Crippen molar-refractivity contribution in [2.75, 3.05) is 0 Å². The molecule has 0 bridgehead atoms. The second kappa shape index (κ2) is 5.85. The zero-order valence-corrected chi connectivity index (χ0v) is 12.9. The molecule has 0 N–H and O–H groups in total. The maximum Gasteiger partial charge on any atom is 0.131 e. The zero-order valence-electron chi connectivity index (χ0n) is 9.71. The molecule has 0 aliphatic carbocycles. The molecule has 0 amide bonds. The Morgan fingerprint density at radius 1 is 1.17 bits per heavy atom. The molecule has 0 aromatic heterocycles. The first-order valence-corrected chi connectivity index (χ1v) is 7.29. The minimum Gasteiger partial charge on any atom is -0.457 e. The minimum absolute atomic E-state index is 0.327. The molecule has 0 fully saturated rings. The Morgan fingerprint density at radius 3 is 2.61 bits per heavy atom. The molecule has 18 heavy (non-hydrogen) atoms. The van der Waals surface area contributed by atoms with Crippen LogP contribution < -0.4 is 4.74 Å². The van der Waals surface area contributed by atoms with E-state index in [9.17, 15) is 4.39 Å². The standard InChI is InChI=1S/C14H11Br2FO/c1-9-2-3-14(10(4-9)8-15)18-13-6-11(16)5-12(17)7-13/h2-7H,8H2,1H3. The van der Waals surface area contributed by atoms with Crippen molar-refractivity contribution in [3.05, 3.63) is 57.8 Å². The lowest BCUT2D eigenvalue weighted by Gasteiger charge is -2.11. The summed E-state index contributed by atoms with van der Waals surface area (Å²) in [6.45, 7) is 2.02. The molecule has 2 rings (SSSR count). The van der Waals surface area contributed by atoms with Crippen molar-refractivity contribution in [2.24, 2.45) is 0 Å². The van der Waals surface area contributed by atoms with E-state index in [1.54, 1.807) is 6.07 Å². The SMILES string of the molecule is Cc1ccc(Oc2cc(F)cc(Br)c2)c(CBr)c1. The summed E-state index contributed by atoms with van der Waals surface area (Å²) in [4.78, 5) is 0. The van der Waals surface area contributed by atoms with E-state index in [1.165, 1.54) is 12.1 Å². The van der Waals surface area contributed by atoms with Crippen molar-refractivity contribution >= 4 is 31.9 Å². The zero-order chi connectivity index (χ0) is 13.1. The molecule has 0 atom stereocenters. The molecule has 0 saturated heterocycles. The first kappa shape index (κ1) is 13.6. The highest BCUT2D eigenvalue weighted by atomic mass is 79.9. The van der Waals surface area contributed by atoms with Crippen LogP contribution in [-0.4, -0.2) is 0 Å². The molecule has 0 spiro atoms. The fraction of sp³-hybridized carbons (Fsp3) is 0.143. The first-order valence-electron chi connectivity index (χ1n) is 5.38. The predicted octanol–water partition coefficient (Wildman–Crippen LogP) is 5.58. The molecule has 0 aliphatic heterocycles. The lowest BCUT2D eigenvalue weighted by atomic mass is 10.1. The van der Waals surface area contributed by atoms with Gasteiger partial charge in [0.15, 0.2) is 0 Å². The highest BCUT2D eigenvalue weighted by molar-refractivity contribution is 9.10. The summed E-state index contributed by atoms with van der Waals surface area (Å²) < 4.78 is 19.6. The Morgan fingerprint density at radius 2 is 1.94 bits per heavy atom. The Bertz CT molecular complexity index is 549. The average molecular weight is 374 g/mol. The van der Waals surface area contributed by atoms with Gasteiger partial charge in [0, 0.05) is 21.4 Å². The van der Waals surface area contributed by atoms with Crippen LogP contribution in [0.2, 0.25) is 0 Å². The van der Waals surface area contributed by atoms with E-state index in [1.807, 2.05) is 25.1 Å². The summed E-state index contributed by atoms with van der Waals surface area (Å²) in [6.07, 6.45) is 0. The van der Waals surface area contributed by atoms with Gasteiger partial charge in [0.2, 0.25) is 0 Å². The van der Waals surface area contributed by atoms with Crippen LogP contribution >= 0.6 is 31.9 Å². The Kier molecular flexibility index (Phi) is 4.40. The largest absolute Gasteiger partial charge is 0.457 e. The van der Waals surface area contributed by atoms with E-state index in [0.29, 0.717) is 15.6 Å². The van der Waals surface area contributed by atoms with Gasteiger partial charge in [0.05, 0.1) is 0 Å². The summed E-state index contributed by atoms with van der Waals surface area (Å²) in [6, 6.07) is 10.4.